The first-order valence-electron chi connectivity index (χ1n) is 8.87. The summed E-state index contributed by atoms with van der Waals surface area (Å²) < 4.78 is 39.5. The van der Waals surface area contributed by atoms with Crippen LogP contribution in [0.4, 0.5) is 18.9 Å². The van der Waals surface area contributed by atoms with Crippen molar-refractivity contribution in [2.75, 3.05) is 11.4 Å². The highest BCUT2D eigenvalue weighted by Crippen LogP contribution is 2.45. The molecule has 30 heavy (non-hydrogen) atoms. The van der Waals surface area contributed by atoms with Gasteiger partial charge in [0.1, 0.15) is 12.6 Å². The van der Waals surface area contributed by atoms with Gasteiger partial charge in [-0.2, -0.15) is 28.6 Å². The Morgan fingerprint density at radius 3 is 2.47 bits per heavy atom. The number of halogens is 3. The quantitative estimate of drug-likeness (QED) is 0.708. The van der Waals surface area contributed by atoms with Crippen LogP contribution >= 0.6 is 0 Å². The smallest absolute Gasteiger partial charge is 0.299 e. The van der Waals surface area contributed by atoms with E-state index in [1.165, 1.54) is 6.20 Å². The molecule has 8 nitrogen and oxygen atoms in total. The number of aromatic amines is 1. The lowest BCUT2D eigenvalue weighted by Gasteiger charge is -2.33. The molecule has 1 N–H and O–H groups in total. The van der Waals surface area contributed by atoms with Crippen LogP contribution in [0.5, 0.6) is 0 Å². The standard InChI is InChI=1S/C19H12F3N7O/c20-19(21,22)9-29-15-7-12(5-6-13(15)16-14(18(29)30)8-23-24-16)10-1-3-11(4-2-10)17-25-27-28-26-17/h1-8,16H,9H2,(H,25,26,27,28). The topological polar surface area (TPSA) is 99.5 Å². The van der Waals surface area contributed by atoms with Crippen LogP contribution in [0.1, 0.15) is 11.6 Å². The minimum Gasteiger partial charge on any atom is -0.299 e. The van der Waals surface area contributed by atoms with Gasteiger partial charge in [-0.15, -0.1) is 10.2 Å². The maximum Gasteiger partial charge on any atom is 0.406 e. The molecule has 0 saturated carbocycles. The molecule has 0 fully saturated rings. The number of hydrogen-bond acceptors (Lipinski definition) is 6. The molecule has 2 aliphatic heterocycles. The minimum atomic E-state index is -4.55. The number of hydrogen-bond donors (Lipinski definition) is 1. The minimum absolute atomic E-state index is 0.143. The number of carbonyl (C=O) groups excluding carboxylic acids is 1. The van der Waals surface area contributed by atoms with Crippen molar-refractivity contribution in [2.45, 2.75) is 12.2 Å². The largest absolute Gasteiger partial charge is 0.406 e. The average molecular weight is 411 g/mol. The SMILES string of the molecule is O=C1C2=CN=NC2c2ccc(-c3ccc(-c4nn[nH]n4)cc3)cc2N1CC(F)(F)F. The van der Waals surface area contributed by atoms with Crippen molar-refractivity contribution in [1.29, 1.82) is 0 Å². The lowest BCUT2D eigenvalue weighted by molar-refractivity contribution is -0.130. The van der Waals surface area contributed by atoms with Gasteiger partial charge in [0, 0.05) is 11.1 Å². The third-order valence-electron chi connectivity index (χ3n) is 4.94. The summed E-state index contributed by atoms with van der Waals surface area (Å²) in [7, 11) is 0. The Morgan fingerprint density at radius 2 is 1.77 bits per heavy atom. The lowest BCUT2D eigenvalue weighted by Crippen LogP contribution is -2.43. The van der Waals surface area contributed by atoms with E-state index in [1.807, 2.05) is 0 Å². The third kappa shape index (κ3) is 3.04. The molecular weight excluding hydrogens is 399 g/mol. The van der Waals surface area contributed by atoms with Gasteiger partial charge < -0.3 is 0 Å². The van der Waals surface area contributed by atoms with Crippen molar-refractivity contribution in [3.05, 3.63) is 59.8 Å². The van der Waals surface area contributed by atoms with Crippen molar-refractivity contribution in [3.8, 4) is 22.5 Å². The Labute approximate surface area is 167 Å². The van der Waals surface area contributed by atoms with Crippen LogP contribution in [0.3, 0.4) is 0 Å². The summed E-state index contributed by atoms with van der Waals surface area (Å²) in [4.78, 5) is 13.4. The van der Waals surface area contributed by atoms with Crippen molar-refractivity contribution in [2.24, 2.45) is 10.2 Å². The van der Waals surface area contributed by atoms with E-state index in [4.69, 9.17) is 0 Å². The number of benzene rings is 2. The Hall–Kier alpha value is -3.89. The number of azo groups is 1. The molecule has 0 aliphatic carbocycles. The van der Waals surface area contributed by atoms with Gasteiger partial charge >= 0.3 is 6.18 Å². The molecule has 1 unspecified atom stereocenters. The fourth-order valence-corrected chi connectivity index (χ4v) is 3.58. The van der Waals surface area contributed by atoms with Crippen LogP contribution in [-0.2, 0) is 4.79 Å². The predicted octanol–water partition coefficient (Wildman–Crippen LogP) is 3.83. The van der Waals surface area contributed by atoms with E-state index in [0.29, 0.717) is 17.0 Å². The molecular formula is C19H12F3N7O. The molecule has 0 spiro atoms. The van der Waals surface area contributed by atoms with Crippen molar-refractivity contribution >= 4 is 11.6 Å². The number of rotatable bonds is 3. The molecule has 3 heterocycles. The second-order valence-electron chi connectivity index (χ2n) is 6.81. The first-order chi connectivity index (χ1) is 14.4. The number of amides is 1. The molecule has 1 amide bonds. The number of carbonyl (C=O) groups is 1. The van der Waals surface area contributed by atoms with Gasteiger partial charge in [-0.3, -0.25) is 9.69 Å². The van der Waals surface area contributed by atoms with E-state index in [2.05, 4.69) is 30.9 Å². The van der Waals surface area contributed by atoms with Crippen LogP contribution < -0.4 is 4.90 Å². The average Bonchev–Trinajstić information content (AvgIpc) is 3.42. The lowest BCUT2D eigenvalue weighted by atomic mass is 9.90. The Balaban J connectivity index is 1.56. The van der Waals surface area contributed by atoms with E-state index in [0.717, 1.165) is 16.0 Å². The number of nitrogens with zero attached hydrogens (tertiary/aromatic N) is 6. The molecule has 2 aromatic carbocycles. The van der Waals surface area contributed by atoms with Gasteiger partial charge in [0.2, 0.25) is 5.82 Å². The predicted molar refractivity (Wildman–Crippen MR) is 99.1 cm³/mol. The number of fused-ring (bicyclic) bond motifs is 3. The molecule has 11 heteroatoms. The number of aromatic nitrogens is 4. The second-order valence-corrected chi connectivity index (χ2v) is 6.81. The van der Waals surface area contributed by atoms with Crippen molar-refractivity contribution in [3.63, 3.8) is 0 Å². The number of alkyl halides is 3. The summed E-state index contributed by atoms with van der Waals surface area (Å²) in [6.45, 7) is -1.39. The summed E-state index contributed by atoms with van der Waals surface area (Å²) >= 11 is 0. The molecule has 0 radical (unpaired) electrons. The van der Waals surface area contributed by atoms with Crippen molar-refractivity contribution in [1.82, 2.24) is 20.6 Å². The third-order valence-corrected chi connectivity index (χ3v) is 4.94. The molecule has 0 bridgehead atoms. The number of H-pyrrole nitrogens is 1. The van der Waals surface area contributed by atoms with Crippen LogP contribution in [0.2, 0.25) is 0 Å². The molecule has 0 saturated heterocycles. The van der Waals surface area contributed by atoms with E-state index in [-0.39, 0.29) is 11.3 Å². The van der Waals surface area contributed by atoms with Crippen molar-refractivity contribution < 1.29 is 18.0 Å². The fourth-order valence-electron chi connectivity index (χ4n) is 3.58. The zero-order valence-corrected chi connectivity index (χ0v) is 15.1. The Bertz CT molecular complexity index is 1180. The molecule has 3 aromatic rings. The number of anilines is 1. The molecule has 5 rings (SSSR count). The number of nitrogens with one attached hydrogen (secondary N) is 1. The van der Waals surface area contributed by atoms with Crippen LogP contribution in [0.25, 0.3) is 22.5 Å². The molecule has 1 atom stereocenters. The monoisotopic (exact) mass is 411 g/mol. The van der Waals surface area contributed by atoms with Gasteiger partial charge in [-0.1, -0.05) is 36.4 Å². The zero-order valence-electron chi connectivity index (χ0n) is 15.1. The van der Waals surface area contributed by atoms with Crippen LogP contribution in [0, 0.1) is 0 Å². The summed E-state index contributed by atoms with van der Waals surface area (Å²) in [6.07, 6.45) is -3.32. The van der Waals surface area contributed by atoms with Gasteiger partial charge in [-0.05, 0) is 22.4 Å². The van der Waals surface area contributed by atoms with Gasteiger partial charge in [0.05, 0.1) is 17.5 Å². The highest BCUT2D eigenvalue weighted by molar-refractivity contribution is 6.10. The highest BCUT2D eigenvalue weighted by atomic mass is 19.4. The Kier molecular flexibility index (Phi) is 3.98. The van der Waals surface area contributed by atoms with E-state index in [1.54, 1.807) is 42.5 Å². The zero-order chi connectivity index (χ0) is 20.9. The van der Waals surface area contributed by atoms with E-state index in [9.17, 15) is 18.0 Å². The van der Waals surface area contributed by atoms with E-state index < -0.39 is 24.7 Å². The number of tetrazole rings is 1. The van der Waals surface area contributed by atoms with Gasteiger partial charge in [0.15, 0.2) is 0 Å². The maximum atomic E-state index is 13.2. The summed E-state index contributed by atoms with van der Waals surface area (Å²) in [6, 6.07) is 11.5. The summed E-state index contributed by atoms with van der Waals surface area (Å²) in [5.74, 6) is -0.306. The maximum absolute atomic E-state index is 13.2. The fraction of sp³-hybridized carbons (Fsp3) is 0.158. The molecule has 1 aromatic heterocycles. The van der Waals surface area contributed by atoms with Crippen LogP contribution in [0.15, 0.2) is 64.5 Å². The summed E-state index contributed by atoms with van der Waals surface area (Å²) in [5.41, 5.74) is 3.00. The first-order valence-corrected chi connectivity index (χ1v) is 8.87. The van der Waals surface area contributed by atoms with Gasteiger partial charge in [-0.25, -0.2) is 0 Å². The first kappa shape index (κ1) is 18.2. The van der Waals surface area contributed by atoms with E-state index >= 15 is 0 Å². The highest BCUT2D eigenvalue weighted by Gasteiger charge is 2.43. The van der Waals surface area contributed by atoms with Gasteiger partial charge in [0.25, 0.3) is 5.91 Å². The molecule has 2 aliphatic rings. The second kappa shape index (κ2) is 6.58. The normalized spacial score (nSPS) is 17.7. The molecule has 150 valence electrons. The summed E-state index contributed by atoms with van der Waals surface area (Å²) in [5, 5.41) is 21.4. The van der Waals surface area contributed by atoms with Crippen LogP contribution in [-0.4, -0.2) is 39.3 Å². The Morgan fingerprint density at radius 1 is 1.03 bits per heavy atom.